The molecule has 10 nitrogen and oxygen atoms in total. The summed E-state index contributed by atoms with van der Waals surface area (Å²) >= 11 is 0. The van der Waals surface area contributed by atoms with Gasteiger partial charge >= 0.3 is 23.9 Å². The highest BCUT2D eigenvalue weighted by atomic mass is 16.7. The second kappa shape index (κ2) is 11.4. The molecule has 31 heavy (non-hydrogen) atoms. The Labute approximate surface area is 179 Å². The Morgan fingerprint density at radius 2 is 1.35 bits per heavy atom. The number of carbonyl (C=O) groups excluding carboxylic acids is 4. The fraction of sp³-hybridized carbons (Fsp3) is 0.524. The summed E-state index contributed by atoms with van der Waals surface area (Å²) in [5.41, 5.74) is 0.803. The van der Waals surface area contributed by atoms with Crippen LogP contribution in [0.4, 0.5) is 0 Å². The van der Waals surface area contributed by atoms with Gasteiger partial charge in [-0.2, -0.15) is 0 Å². The molecule has 0 saturated carbocycles. The minimum absolute atomic E-state index is 0.0752. The lowest BCUT2D eigenvalue weighted by Gasteiger charge is -2.44. The maximum atomic E-state index is 11.8. The molecule has 1 aliphatic rings. The second-order valence-electron chi connectivity index (χ2n) is 6.86. The molecule has 0 aromatic heterocycles. The first kappa shape index (κ1) is 24.3. The van der Waals surface area contributed by atoms with E-state index in [4.69, 9.17) is 28.4 Å². The van der Waals surface area contributed by atoms with Crippen molar-refractivity contribution in [3.63, 3.8) is 0 Å². The number of carbonyl (C=O) groups is 4. The smallest absolute Gasteiger partial charge is 0.305 e. The maximum Gasteiger partial charge on any atom is 0.305 e. The summed E-state index contributed by atoms with van der Waals surface area (Å²) in [6, 6.07) is 9.11. The molecule has 0 radical (unpaired) electrons. The third-order valence-electron chi connectivity index (χ3n) is 4.21. The molecule has 1 aliphatic heterocycles. The molecule has 0 spiro atoms. The highest BCUT2D eigenvalue weighted by Crippen LogP contribution is 2.30. The van der Waals surface area contributed by atoms with E-state index in [1.165, 1.54) is 27.7 Å². The maximum absolute atomic E-state index is 11.8. The third kappa shape index (κ3) is 7.65. The standard InChI is InChI=1S/C21H26O10/c1-12(22)26-11-17-18(28-13(2)23)19(29-14(3)24)20(21(31-17)30-15(4)25)27-10-16-8-6-5-7-9-16/h5-9,17-21H,10-11H2,1-4H3. The molecule has 1 heterocycles. The fourth-order valence-electron chi connectivity index (χ4n) is 3.07. The van der Waals surface area contributed by atoms with Crippen molar-refractivity contribution in [2.75, 3.05) is 6.61 Å². The van der Waals surface area contributed by atoms with Gasteiger partial charge in [-0.1, -0.05) is 30.3 Å². The SMILES string of the molecule is CC(=O)OCC1OC(OC(C)=O)C(OCc2ccccc2)C(OC(C)=O)C1OC(C)=O. The van der Waals surface area contributed by atoms with Crippen molar-refractivity contribution in [3.8, 4) is 0 Å². The summed E-state index contributed by atoms with van der Waals surface area (Å²) in [5, 5.41) is 0. The van der Waals surface area contributed by atoms with Crippen molar-refractivity contribution < 1.29 is 47.6 Å². The molecule has 10 heteroatoms. The molecule has 5 unspecified atom stereocenters. The quantitative estimate of drug-likeness (QED) is 0.433. The summed E-state index contributed by atoms with van der Waals surface area (Å²) < 4.78 is 32.6. The predicted molar refractivity (Wildman–Crippen MR) is 103 cm³/mol. The first-order valence-electron chi connectivity index (χ1n) is 9.63. The van der Waals surface area contributed by atoms with Crippen LogP contribution in [0.1, 0.15) is 33.3 Å². The lowest BCUT2D eigenvalue weighted by Crippen LogP contribution is -2.62. The molecule has 0 aliphatic carbocycles. The largest absolute Gasteiger partial charge is 0.463 e. The lowest BCUT2D eigenvalue weighted by molar-refractivity contribution is -0.307. The molecule has 1 aromatic carbocycles. The molecular formula is C21H26O10. The molecule has 1 saturated heterocycles. The van der Waals surface area contributed by atoms with Crippen LogP contribution in [-0.4, -0.2) is 61.2 Å². The third-order valence-corrected chi connectivity index (χ3v) is 4.21. The number of rotatable bonds is 8. The van der Waals surface area contributed by atoms with Crippen LogP contribution in [0.25, 0.3) is 0 Å². The lowest BCUT2D eigenvalue weighted by atomic mass is 9.98. The van der Waals surface area contributed by atoms with E-state index < -0.39 is 54.6 Å². The Hall–Kier alpha value is -2.98. The molecule has 1 fully saturated rings. The van der Waals surface area contributed by atoms with Crippen LogP contribution >= 0.6 is 0 Å². The topological polar surface area (TPSA) is 124 Å². The molecule has 0 bridgehead atoms. The van der Waals surface area contributed by atoms with Gasteiger partial charge in [-0.25, -0.2) is 0 Å². The van der Waals surface area contributed by atoms with Gasteiger partial charge in [0.15, 0.2) is 18.3 Å². The van der Waals surface area contributed by atoms with Crippen molar-refractivity contribution in [2.45, 2.75) is 65.0 Å². The van der Waals surface area contributed by atoms with Gasteiger partial charge in [-0.3, -0.25) is 19.2 Å². The van der Waals surface area contributed by atoms with E-state index in [-0.39, 0.29) is 13.2 Å². The molecule has 0 amide bonds. The van der Waals surface area contributed by atoms with Gasteiger partial charge < -0.3 is 28.4 Å². The second-order valence-corrected chi connectivity index (χ2v) is 6.86. The molecule has 1 aromatic rings. The van der Waals surface area contributed by atoms with Crippen LogP contribution in [0.2, 0.25) is 0 Å². The zero-order valence-electron chi connectivity index (χ0n) is 17.8. The Morgan fingerprint density at radius 1 is 0.774 bits per heavy atom. The number of ether oxygens (including phenoxy) is 6. The molecule has 5 atom stereocenters. The average Bonchev–Trinajstić information content (AvgIpc) is 2.67. The zero-order valence-corrected chi connectivity index (χ0v) is 17.8. The van der Waals surface area contributed by atoms with E-state index in [2.05, 4.69) is 0 Å². The zero-order chi connectivity index (χ0) is 23.0. The normalized spacial score (nSPS) is 25.2. The number of benzene rings is 1. The Kier molecular flexibility index (Phi) is 8.95. The van der Waals surface area contributed by atoms with E-state index >= 15 is 0 Å². The summed E-state index contributed by atoms with van der Waals surface area (Å²) in [6.07, 6.45) is -5.86. The van der Waals surface area contributed by atoms with Gasteiger partial charge in [-0.05, 0) is 5.56 Å². The van der Waals surface area contributed by atoms with E-state index in [1.54, 1.807) is 0 Å². The van der Waals surface area contributed by atoms with Gasteiger partial charge in [-0.15, -0.1) is 0 Å². The van der Waals surface area contributed by atoms with Gasteiger partial charge in [0, 0.05) is 27.7 Å². The Balaban J connectivity index is 2.36. The molecule has 170 valence electrons. The van der Waals surface area contributed by atoms with Gasteiger partial charge in [0.1, 0.15) is 12.7 Å². The van der Waals surface area contributed by atoms with Crippen molar-refractivity contribution in [3.05, 3.63) is 35.9 Å². The van der Waals surface area contributed by atoms with Crippen LogP contribution in [0.3, 0.4) is 0 Å². The van der Waals surface area contributed by atoms with E-state index in [1.807, 2.05) is 30.3 Å². The number of hydrogen-bond donors (Lipinski definition) is 0. The minimum atomic E-state index is -1.31. The molecule has 2 rings (SSSR count). The Morgan fingerprint density at radius 3 is 1.90 bits per heavy atom. The Bertz CT molecular complexity index is 778. The molecule has 0 N–H and O–H groups in total. The number of hydrogen-bond acceptors (Lipinski definition) is 10. The average molecular weight is 438 g/mol. The van der Waals surface area contributed by atoms with Crippen molar-refractivity contribution >= 4 is 23.9 Å². The first-order chi connectivity index (χ1) is 14.7. The predicted octanol–water partition coefficient (Wildman–Crippen LogP) is 1.29. The van der Waals surface area contributed by atoms with Gasteiger partial charge in [0.25, 0.3) is 0 Å². The van der Waals surface area contributed by atoms with Crippen molar-refractivity contribution in [1.82, 2.24) is 0 Å². The minimum Gasteiger partial charge on any atom is -0.463 e. The van der Waals surface area contributed by atoms with Crippen molar-refractivity contribution in [2.24, 2.45) is 0 Å². The van der Waals surface area contributed by atoms with Gasteiger partial charge in [0.05, 0.1) is 6.61 Å². The number of esters is 4. The summed E-state index contributed by atoms with van der Waals surface area (Å²) in [7, 11) is 0. The molecular weight excluding hydrogens is 412 g/mol. The van der Waals surface area contributed by atoms with Crippen LogP contribution in [-0.2, 0) is 54.2 Å². The first-order valence-corrected chi connectivity index (χ1v) is 9.63. The van der Waals surface area contributed by atoms with Crippen LogP contribution < -0.4 is 0 Å². The summed E-state index contributed by atoms with van der Waals surface area (Å²) in [4.78, 5) is 46.5. The summed E-state index contributed by atoms with van der Waals surface area (Å²) in [5.74, 6) is -2.62. The van der Waals surface area contributed by atoms with Gasteiger partial charge in [0.2, 0.25) is 6.29 Å². The van der Waals surface area contributed by atoms with Crippen LogP contribution in [0.15, 0.2) is 30.3 Å². The summed E-state index contributed by atoms with van der Waals surface area (Å²) in [6.45, 7) is 4.47. The van der Waals surface area contributed by atoms with E-state index in [0.717, 1.165) is 5.56 Å². The highest BCUT2D eigenvalue weighted by molar-refractivity contribution is 5.68. The van der Waals surface area contributed by atoms with E-state index in [9.17, 15) is 19.2 Å². The monoisotopic (exact) mass is 438 g/mol. The van der Waals surface area contributed by atoms with Crippen molar-refractivity contribution in [1.29, 1.82) is 0 Å². The van der Waals surface area contributed by atoms with E-state index in [0.29, 0.717) is 0 Å². The fourth-order valence-corrected chi connectivity index (χ4v) is 3.07. The van der Waals surface area contributed by atoms with Crippen LogP contribution in [0.5, 0.6) is 0 Å². The van der Waals surface area contributed by atoms with Crippen LogP contribution in [0, 0.1) is 0 Å². The highest BCUT2D eigenvalue weighted by Gasteiger charge is 2.52.